The minimum Gasteiger partial charge on any atom is -0.480 e. The number of H-pyrrole nitrogens is 1. The molecule has 38 heavy (non-hydrogen) atoms. The Morgan fingerprint density at radius 1 is 1.11 bits per heavy atom. The summed E-state index contributed by atoms with van der Waals surface area (Å²) in [5, 5.41) is 15.0. The molecule has 0 aliphatic rings. The van der Waals surface area contributed by atoms with Gasteiger partial charge in [-0.05, 0) is 37.1 Å². The summed E-state index contributed by atoms with van der Waals surface area (Å²) in [6.07, 6.45) is 2.29. The highest BCUT2D eigenvalue weighted by Gasteiger charge is 2.21. The fourth-order valence-electron chi connectivity index (χ4n) is 3.47. The number of nitrogens with zero attached hydrogens (tertiary/aromatic N) is 3. The second-order valence-electron chi connectivity index (χ2n) is 8.36. The van der Waals surface area contributed by atoms with E-state index < -0.39 is 23.5 Å². The summed E-state index contributed by atoms with van der Waals surface area (Å²) in [6.45, 7) is 1.49. The summed E-state index contributed by atoms with van der Waals surface area (Å²) in [7, 11) is 0. The first-order valence-corrected chi connectivity index (χ1v) is 12.0. The van der Waals surface area contributed by atoms with Gasteiger partial charge in [0.15, 0.2) is 11.2 Å². The number of hydrogen-bond donors (Lipinski definition) is 6. The van der Waals surface area contributed by atoms with Crippen molar-refractivity contribution in [3.8, 4) is 0 Å². The van der Waals surface area contributed by atoms with E-state index in [0.717, 1.165) is 0 Å². The van der Waals surface area contributed by atoms with Gasteiger partial charge in [-0.2, -0.15) is 4.98 Å². The predicted octanol–water partition coefficient (Wildman–Crippen LogP) is 0.195. The summed E-state index contributed by atoms with van der Waals surface area (Å²) in [4.78, 5) is 62.8. The van der Waals surface area contributed by atoms with Crippen molar-refractivity contribution in [2.75, 3.05) is 30.8 Å². The lowest BCUT2D eigenvalue weighted by atomic mass is 10.1. The molecule has 202 valence electrons. The van der Waals surface area contributed by atoms with Gasteiger partial charge < -0.3 is 31.9 Å². The zero-order chi connectivity index (χ0) is 27.5. The van der Waals surface area contributed by atoms with E-state index in [-0.39, 0.29) is 54.3 Å². The Morgan fingerprint density at radius 2 is 1.87 bits per heavy atom. The van der Waals surface area contributed by atoms with E-state index in [4.69, 9.17) is 16.2 Å². The van der Waals surface area contributed by atoms with Gasteiger partial charge in [-0.1, -0.05) is 0 Å². The van der Waals surface area contributed by atoms with Crippen LogP contribution >= 0.6 is 0 Å². The molecule has 0 bridgehead atoms. The van der Waals surface area contributed by atoms with Crippen LogP contribution in [0.2, 0.25) is 0 Å². The molecule has 1 amide bonds. The van der Waals surface area contributed by atoms with Crippen LogP contribution in [0.4, 0.5) is 11.6 Å². The number of nitrogens with two attached hydrogens (primary N) is 2. The number of aromatic nitrogens is 4. The Hall–Kier alpha value is -4.43. The van der Waals surface area contributed by atoms with E-state index in [1.807, 2.05) is 0 Å². The summed E-state index contributed by atoms with van der Waals surface area (Å²) in [5.41, 5.74) is 11.9. The van der Waals surface area contributed by atoms with Crippen LogP contribution in [-0.2, 0) is 20.9 Å². The number of anilines is 2. The average molecular weight is 527 g/mol. The van der Waals surface area contributed by atoms with Crippen molar-refractivity contribution in [2.24, 2.45) is 5.73 Å². The largest absolute Gasteiger partial charge is 0.480 e. The van der Waals surface area contributed by atoms with Gasteiger partial charge >= 0.3 is 5.97 Å². The van der Waals surface area contributed by atoms with Crippen LogP contribution in [0.5, 0.6) is 0 Å². The maximum absolute atomic E-state index is 12.6. The quantitative estimate of drug-likeness (QED) is 0.146. The van der Waals surface area contributed by atoms with E-state index in [2.05, 4.69) is 30.6 Å². The fourth-order valence-corrected chi connectivity index (χ4v) is 3.47. The highest BCUT2D eigenvalue weighted by molar-refractivity contribution is 5.97. The molecule has 0 saturated heterocycles. The van der Waals surface area contributed by atoms with Gasteiger partial charge in [-0.15, -0.1) is 0 Å². The van der Waals surface area contributed by atoms with E-state index in [1.165, 1.54) is 18.3 Å². The number of nitrogen functional groups attached to an aromatic ring is 1. The van der Waals surface area contributed by atoms with Gasteiger partial charge in [0.25, 0.3) is 11.5 Å². The topological polar surface area (TPSA) is 228 Å². The first-order chi connectivity index (χ1) is 18.3. The average Bonchev–Trinajstić information content (AvgIpc) is 2.89. The highest BCUT2D eigenvalue weighted by atomic mass is 16.5. The molecule has 0 radical (unpaired) electrons. The predicted molar refractivity (Wildman–Crippen MR) is 138 cm³/mol. The summed E-state index contributed by atoms with van der Waals surface area (Å²) >= 11 is 0. The van der Waals surface area contributed by atoms with Gasteiger partial charge in [-0.3, -0.25) is 19.4 Å². The van der Waals surface area contributed by atoms with Crippen molar-refractivity contribution in [1.82, 2.24) is 25.3 Å². The van der Waals surface area contributed by atoms with Gasteiger partial charge in [0.05, 0.1) is 25.0 Å². The van der Waals surface area contributed by atoms with Crippen LogP contribution < -0.4 is 27.7 Å². The molecule has 0 spiro atoms. The molecule has 0 saturated carbocycles. The Balaban J connectivity index is 1.50. The van der Waals surface area contributed by atoms with Gasteiger partial charge in [0, 0.05) is 37.2 Å². The zero-order valence-electron chi connectivity index (χ0n) is 20.6. The third kappa shape index (κ3) is 8.31. The van der Waals surface area contributed by atoms with Crippen LogP contribution in [-0.4, -0.2) is 68.5 Å². The van der Waals surface area contributed by atoms with Crippen molar-refractivity contribution in [1.29, 1.82) is 0 Å². The standard InChI is InChI=1S/C24H30N8O6/c25-9-11-38-10-1-2-17(33)7-8-18(23(36)37)30-21(34)14-3-5-15(6-4-14)27-12-16-13-28-20-19(29-16)22(35)32-24(26)31-20/h3-6,13,18,27H,1-2,7-12,25H2,(H,30,34)(H,36,37)(H3,26,28,31,32,35)/t18-/m0/s1. The number of carboxylic acids is 1. The number of carbonyl (C=O) groups is 3. The molecule has 14 heteroatoms. The van der Waals surface area contributed by atoms with Crippen LogP contribution in [0, 0.1) is 0 Å². The zero-order valence-corrected chi connectivity index (χ0v) is 20.6. The lowest BCUT2D eigenvalue weighted by molar-refractivity contribution is -0.139. The number of rotatable bonds is 15. The van der Waals surface area contributed by atoms with E-state index in [0.29, 0.717) is 37.6 Å². The van der Waals surface area contributed by atoms with Crippen LogP contribution in [0.1, 0.15) is 41.7 Å². The summed E-state index contributed by atoms with van der Waals surface area (Å²) in [5.74, 6) is -1.93. The number of benzene rings is 1. The molecule has 0 aliphatic heterocycles. The van der Waals surface area contributed by atoms with Crippen LogP contribution in [0.3, 0.4) is 0 Å². The summed E-state index contributed by atoms with van der Waals surface area (Å²) < 4.78 is 5.21. The lowest BCUT2D eigenvalue weighted by Gasteiger charge is -2.14. The normalized spacial score (nSPS) is 11.7. The number of ketones is 1. The number of fused-ring (bicyclic) bond motifs is 1. The molecule has 8 N–H and O–H groups in total. The summed E-state index contributed by atoms with van der Waals surface area (Å²) in [6, 6.07) is 5.16. The number of amides is 1. The molecule has 3 aromatic rings. The van der Waals surface area contributed by atoms with Crippen molar-refractivity contribution >= 4 is 40.5 Å². The Bertz CT molecular complexity index is 1330. The number of Topliss-reactive ketones (excluding diaryl/α,β-unsaturated/α-hetero) is 1. The molecule has 2 aromatic heterocycles. The molecular weight excluding hydrogens is 496 g/mol. The molecule has 0 aliphatic carbocycles. The fraction of sp³-hybridized carbons (Fsp3) is 0.375. The molecule has 1 aromatic carbocycles. The van der Waals surface area contributed by atoms with E-state index in [9.17, 15) is 24.3 Å². The molecule has 0 fully saturated rings. The Kier molecular flexibility index (Phi) is 10.2. The first-order valence-electron chi connectivity index (χ1n) is 12.0. The highest BCUT2D eigenvalue weighted by Crippen LogP contribution is 2.12. The second-order valence-corrected chi connectivity index (χ2v) is 8.36. The molecule has 2 heterocycles. The van der Waals surface area contributed by atoms with Gasteiger partial charge in [-0.25, -0.2) is 14.8 Å². The number of carbonyl (C=O) groups excluding carboxylic acids is 2. The Labute approximate surface area is 217 Å². The van der Waals surface area contributed by atoms with Crippen molar-refractivity contribution in [3.63, 3.8) is 0 Å². The van der Waals surface area contributed by atoms with Gasteiger partial charge in [0.2, 0.25) is 5.95 Å². The van der Waals surface area contributed by atoms with E-state index in [1.54, 1.807) is 12.1 Å². The van der Waals surface area contributed by atoms with Crippen LogP contribution in [0.25, 0.3) is 11.2 Å². The maximum Gasteiger partial charge on any atom is 0.326 e. The van der Waals surface area contributed by atoms with Crippen molar-refractivity contribution < 1.29 is 24.2 Å². The number of aromatic amines is 1. The number of hydrogen-bond acceptors (Lipinski definition) is 11. The SMILES string of the molecule is NCCOCCCC(=O)CC[C@H](NC(=O)c1ccc(NCc2cnc3nc(N)[nH]c(=O)c3n2)cc1)C(=O)O. The monoisotopic (exact) mass is 526 g/mol. The minimum atomic E-state index is -1.22. The van der Waals surface area contributed by atoms with E-state index >= 15 is 0 Å². The number of nitrogens with one attached hydrogen (secondary N) is 3. The number of carboxylic acid groups (broad SMARTS) is 1. The molecule has 14 nitrogen and oxygen atoms in total. The lowest BCUT2D eigenvalue weighted by Crippen LogP contribution is -2.41. The second kappa shape index (κ2) is 13.8. The smallest absolute Gasteiger partial charge is 0.326 e. The number of ether oxygens (including phenoxy) is 1. The molecule has 0 unspecified atom stereocenters. The molecule has 1 atom stereocenters. The maximum atomic E-state index is 12.6. The third-order valence-electron chi connectivity index (χ3n) is 5.43. The van der Waals surface area contributed by atoms with Crippen molar-refractivity contribution in [2.45, 2.75) is 38.3 Å². The molecule has 3 rings (SSSR count). The Morgan fingerprint density at radius 3 is 2.58 bits per heavy atom. The third-order valence-corrected chi connectivity index (χ3v) is 5.43. The minimum absolute atomic E-state index is 0.0130. The number of aliphatic carboxylic acids is 1. The molecular formula is C24H30N8O6. The van der Waals surface area contributed by atoms with Gasteiger partial charge in [0.1, 0.15) is 11.8 Å². The van der Waals surface area contributed by atoms with Crippen molar-refractivity contribution in [3.05, 3.63) is 52.1 Å². The first kappa shape index (κ1) is 28.1. The van der Waals surface area contributed by atoms with Crippen LogP contribution in [0.15, 0.2) is 35.3 Å².